The number of nitro groups is 1. The second kappa shape index (κ2) is 7.30. The third-order valence-electron chi connectivity index (χ3n) is 2.93. The lowest BCUT2D eigenvalue weighted by Gasteiger charge is -2.12. The number of nitrogens with zero attached hydrogens (tertiary/aromatic N) is 1. The molecule has 22 heavy (non-hydrogen) atoms. The number of carbonyl (C=O) groups is 2. The van der Waals surface area contributed by atoms with Crippen molar-refractivity contribution in [2.24, 2.45) is 0 Å². The minimum Gasteiger partial charge on any atom is -0.464 e. The maximum atomic E-state index is 13.7. The Morgan fingerprint density at radius 2 is 2.05 bits per heavy atom. The number of amides is 1. The molecule has 118 valence electrons. The maximum absolute atomic E-state index is 13.7. The highest BCUT2D eigenvalue weighted by molar-refractivity contribution is 6.00. The van der Waals surface area contributed by atoms with Crippen molar-refractivity contribution in [3.63, 3.8) is 0 Å². The standard InChI is InChI=1S/C14H15FN2O5/c1-4-12(18)16-13(14(19)22-3)8(2)9-5-6-11(17(20)21)10(15)7-9/h5-7H,4H2,1-3H3,(H,16,18)/b13-8+. The molecule has 0 aliphatic carbocycles. The monoisotopic (exact) mass is 310 g/mol. The number of nitrogens with one attached hydrogen (secondary N) is 1. The molecule has 1 aromatic carbocycles. The highest BCUT2D eigenvalue weighted by Gasteiger charge is 2.19. The summed E-state index contributed by atoms with van der Waals surface area (Å²) in [6.07, 6.45) is 0.141. The molecule has 0 aliphatic rings. The molecule has 0 aliphatic heterocycles. The lowest BCUT2D eigenvalue weighted by molar-refractivity contribution is -0.387. The summed E-state index contributed by atoms with van der Waals surface area (Å²) in [7, 11) is 1.14. The number of benzene rings is 1. The second-order valence-corrected chi connectivity index (χ2v) is 4.32. The normalized spacial score (nSPS) is 11.5. The highest BCUT2D eigenvalue weighted by atomic mass is 19.1. The van der Waals surface area contributed by atoms with Gasteiger partial charge in [0.05, 0.1) is 12.0 Å². The van der Waals surface area contributed by atoms with Gasteiger partial charge in [-0.05, 0) is 30.2 Å². The van der Waals surface area contributed by atoms with Crippen molar-refractivity contribution < 1.29 is 23.6 Å². The van der Waals surface area contributed by atoms with E-state index in [1.54, 1.807) is 6.92 Å². The predicted octanol–water partition coefficient (Wildman–Crippen LogP) is 2.16. The van der Waals surface area contributed by atoms with Gasteiger partial charge in [-0.25, -0.2) is 4.79 Å². The quantitative estimate of drug-likeness (QED) is 0.389. The van der Waals surface area contributed by atoms with E-state index in [9.17, 15) is 24.1 Å². The summed E-state index contributed by atoms with van der Waals surface area (Å²) >= 11 is 0. The van der Waals surface area contributed by atoms with Gasteiger partial charge in [0, 0.05) is 12.5 Å². The molecular formula is C14H15FN2O5. The number of allylic oxidation sites excluding steroid dienone is 1. The van der Waals surface area contributed by atoms with Gasteiger partial charge in [0.25, 0.3) is 0 Å². The first kappa shape index (κ1) is 17.3. The Morgan fingerprint density at radius 1 is 1.41 bits per heavy atom. The van der Waals surface area contributed by atoms with E-state index in [0.29, 0.717) is 0 Å². The maximum Gasteiger partial charge on any atom is 0.354 e. The average molecular weight is 310 g/mol. The number of rotatable bonds is 5. The Bertz CT molecular complexity index is 655. The number of halogens is 1. The van der Waals surface area contributed by atoms with Gasteiger partial charge >= 0.3 is 11.7 Å². The third kappa shape index (κ3) is 3.87. The van der Waals surface area contributed by atoms with Gasteiger partial charge in [-0.3, -0.25) is 14.9 Å². The van der Waals surface area contributed by atoms with Gasteiger partial charge in [-0.2, -0.15) is 4.39 Å². The minimum atomic E-state index is -1.03. The molecule has 1 N–H and O–H groups in total. The van der Waals surface area contributed by atoms with E-state index in [0.717, 1.165) is 19.2 Å². The molecule has 1 rings (SSSR count). The zero-order valence-corrected chi connectivity index (χ0v) is 12.3. The largest absolute Gasteiger partial charge is 0.464 e. The van der Waals surface area contributed by atoms with Crippen LogP contribution in [0.1, 0.15) is 25.8 Å². The molecule has 1 amide bonds. The molecule has 0 heterocycles. The summed E-state index contributed by atoms with van der Waals surface area (Å²) in [5, 5.41) is 13.0. The Balaban J connectivity index is 3.34. The smallest absolute Gasteiger partial charge is 0.354 e. The van der Waals surface area contributed by atoms with E-state index in [1.165, 1.54) is 13.0 Å². The first-order chi connectivity index (χ1) is 10.3. The van der Waals surface area contributed by atoms with Crippen LogP contribution in [-0.4, -0.2) is 23.9 Å². The molecule has 0 fully saturated rings. The van der Waals surface area contributed by atoms with E-state index in [2.05, 4.69) is 10.1 Å². The molecule has 0 unspecified atom stereocenters. The number of methoxy groups -OCH3 is 1. The zero-order valence-electron chi connectivity index (χ0n) is 12.3. The molecule has 0 atom stereocenters. The topological polar surface area (TPSA) is 98.5 Å². The average Bonchev–Trinajstić information content (AvgIpc) is 2.50. The van der Waals surface area contributed by atoms with Gasteiger partial charge in [-0.15, -0.1) is 0 Å². The number of carbonyl (C=O) groups excluding carboxylic acids is 2. The number of esters is 1. The van der Waals surface area contributed by atoms with Crippen LogP contribution in [0.25, 0.3) is 5.57 Å². The van der Waals surface area contributed by atoms with Crippen LogP contribution in [0.4, 0.5) is 10.1 Å². The van der Waals surface area contributed by atoms with Crippen molar-refractivity contribution >= 4 is 23.1 Å². The van der Waals surface area contributed by atoms with Gasteiger partial charge < -0.3 is 10.1 Å². The summed E-state index contributed by atoms with van der Waals surface area (Å²) < 4.78 is 18.2. The van der Waals surface area contributed by atoms with Gasteiger partial charge in [-0.1, -0.05) is 6.92 Å². The molecule has 0 radical (unpaired) electrons. The highest BCUT2D eigenvalue weighted by Crippen LogP contribution is 2.24. The Labute approximate surface area is 125 Å². The van der Waals surface area contributed by atoms with Gasteiger partial charge in [0.15, 0.2) is 0 Å². The fourth-order valence-electron chi connectivity index (χ4n) is 1.66. The SMILES string of the molecule is CCC(=O)N/C(C(=O)OC)=C(\C)c1ccc([N+](=O)[O-])c(F)c1. The molecule has 0 saturated carbocycles. The Morgan fingerprint density at radius 3 is 2.50 bits per heavy atom. The molecule has 1 aromatic rings. The number of hydrogen-bond donors (Lipinski definition) is 1. The molecule has 8 heteroatoms. The van der Waals surface area contributed by atoms with E-state index in [1.807, 2.05) is 0 Å². The van der Waals surface area contributed by atoms with Gasteiger partial charge in [0.1, 0.15) is 5.70 Å². The molecule has 0 saturated heterocycles. The summed E-state index contributed by atoms with van der Waals surface area (Å²) in [6.45, 7) is 3.08. The summed E-state index contributed by atoms with van der Waals surface area (Å²) in [4.78, 5) is 33.0. The minimum absolute atomic E-state index is 0.136. The van der Waals surface area contributed by atoms with Gasteiger partial charge in [0.2, 0.25) is 11.7 Å². The lowest BCUT2D eigenvalue weighted by Crippen LogP contribution is -2.28. The van der Waals surface area contributed by atoms with Crippen molar-refractivity contribution in [2.45, 2.75) is 20.3 Å². The van der Waals surface area contributed by atoms with Crippen molar-refractivity contribution in [2.75, 3.05) is 7.11 Å². The predicted molar refractivity (Wildman–Crippen MR) is 76.1 cm³/mol. The van der Waals surface area contributed by atoms with Crippen LogP contribution in [0.3, 0.4) is 0 Å². The number of hydrogen-bond acceptors (Lipinski definition) is 5. The number of nitro benzene ring substituents is 1. The molecule has 0 aromatic heterocycles. The van der Waals surface area contributed by atoms with Crippen molar-refractivity contribution in [3.05, 3.63) is 45.4 Å². The van der Waals surface area contributed by atoms with Crippen molar-refractivity contribution in [3.8, 4) is 0 Å². The summed E-state index contributed by atoms with van der Waals surface area (Å²) in [6, 6.07) is 3.21. The molecule has 0 bridgehead atoms. The first-order valence-corrected chi connectivity index (χ1v) is 6.35. The van der Waals surface area contributed by atoms with Crippen LogP contribution in [0, 0.1) is 15.9 Å². The summed E-state index contributed by atoms with van der Waals surface area (Å²) in [5.41, 5.74) is -0.348. The molecule has 0 spiro atoms. The van der Waals surface area contributed by atoms with Crippen LogP contribution >= 0.6 is 0 Å². The Kier molecular flexibility index (Phi) is 5.73. The van der Waals surface area contributed by atoms with E-state index >= 15 is 0 Å². The van der Waals surface area contributed by atoms with Crippen LogP contribution in [0.2, 0.25) is 0 Å². The fraction of sp³-hybridized carbons (Fsp3) is 0.286. The Hall–Kier alpha value is -2.77. The third-order valence-corrected chi connectivity index (χ3v) is 2.93. The van der Waals surface area contributed by atoms with Crippen LogP contribution in [0.5, 0.6) is 0 Å². The molecule has 7 nitrogen and oxygen atoms in total. The van der Waals surface area contributed by atoms with E-state index < -0.39 is 28.3 Å². The molecular weight excluding hydrogens is 295 g/mol. The van der Waals surface area contributed by atoms with Crippen LogP contribution in [0.15, 0.2) is 23.9 Å². The van der Waals surface area contributed by atoms with Crippen molar-refractivity contribution in [1.29, 1.82) is 0 Å². The first-order valence-electron chi connectivity index (χ1n) is 6.35. The van der Waals surface area contributed by atoms with E-state index in [-0.39, 0.29) is 23.3 Å². The van der Waals surface area contributed by atoms with E-state index in [4.69, 9.17) is 0 Å². The van der Waals surface area contributed by atoms with Crippen molar-refractivity contribution in [1.82, 2.24) is 5.32 Å². The fourth-order valence-corrected chi connectivity index (χ4v) is 1.66. The number of ether oxygens (including phenoxy) is 1. The van der Waals surface area contributed by atoms with Crippen LogP contribution < -0.4 is 5.32 Å². The lowest BCUT2D eigenvalue weighted by atomic mass is 10.0. The second-order valence-electron chi connectivity index (χ2n) is 4.32. The zero-order chi connectivity index (χ0) is 16.9. The summed E-state index contributed by atoms with van der Waals surface area (Å²) in [5.74, 6) is -2.24. The van der Waals surface area contributed by atoms with Crippen LogP contribution in [-0.2, 0) is 14.3 Å².